The van der Waals surface area contributed by atoms with Crippen LogP contribution in [0.5, 0.6) is 0 Å². The van der Waals surface area contributed by atoms with Gasteiger partial charge in [0.15, 0.2) is 5.13 Å². The van der Waals surface area contributed by atoms with E-state index in [9.17, 15) is 14.0 Å². The maximum atomic E-state index is 13.5. The Bertz CT molecular complexity index is 1200. The van der Waals surface area contributed by atoms with Gasteiger partial charge in [0, 0.05) is 36.1 Å². The first-order valence-electron chi connectivity index (χ1n) is 8.71. The number of thiazole rings is 1. The fraction of sp³-hybridized carbons (Fsp3) is 0.150. The lowest BCUT2D eigenvalue weighted by Gasteiger charge is -2.05. The summed E-state index contributed by atoms with van der Waals surface area (Å²) in [6.07, 6.45) is 2.42. The van der Waals surface area contributed by atoms with E-state index in [2.05, 4.69) is 20.6 Å². The van der Waals surface area contributed by atoms with Crippen molar-refractivity contribution in [1.29, 1.82) is 0 Å². The molecule has 0 bridgehead atoms. The van der Waals surface area contributed by atoms with Gasteiger partial charge in [-0.1, -0.05) is 11.3 Å². The van der Waals surface area contributed by atoms with E-state index in [-0.39, 0.29) is 17.6 Å². The SMILES string of the molecule is CC(=O)Nc1nc2ccc(C(=O)NCCc3c[nH]c4ccc(F)cc34)cc2s1. The summed E-state index contributed by atoms with van der Waals surface area (Å²) in [4.78, 5) is 31.0. The van der Waals surface area contributed by atoms with Crippen molar-refractivity contribution in [3.63, 3.8) is 0 Å². The summed E-state index contributed by atoms with van der Waals surface area (Å²) in [6, 6.07) is 9.83. The normalized spacial score (nSPS) is 11.1. The highest BCUT2D eigenvalue weighted by atomic mass is 32.1. The molecule has 4 aromatic rings. The van der Waals surface area contributed by atoms with E-state index in [0.29, 0.717) is 23.7 Å². The minimum atomic E-state index is -0.283. The first kappa shape index (κ1) is 18.1. The fourth-order valence-corrected chi connectivity index (χ4v) is 3.99. The number of fused-ring (bicyclic) bond motifs is 2. The second kappa shape index (κ2) is 7.40. The van der Waals surface area contributed by atoms with E-state index in [0.717, 1.165) is 26.7 Å². The first-order valence-corrected chi connectivity index (χ1v) is 9.53. The summed E-state index contributed by atoms with van der Waals surface area (Å²) in [6.45, 7) is 1.85. The zero-order chi connectivity index (χ0) is 19.7. The predicted octanol–water partition coefficient (Wildman–Crippen LogP) is 3.85. The molecule has 142 valence electrons. The van der Waals surface area contributed by atoms with Crippen LogP contribution in [-0.2, 0) is 11.2 Å². The summed E-state index contributed by atoms with van der Waals surface area (Å²) in [5.41, 5.74) is 3.07. The maximum absolute atomic E-state index is 13.5. The standard InChI is InChI=1S/C20H17FN4O2S/c1-11(26)24-20-25-17-4-2-12(8-18(17)28-20)19(27)22-7-6-13-10-23-16-5-3-14(21)9-15(13)16/h2-5,8-10,23H,6-7H2,1H3,(H,22,27)(H,24,25,26). The van der Waals surface area contributed by atoms with Gasteiger partial charge in [-0.25, -0.2) is 9.37 Å². The van der Waals surface area contributed by atoms with E-state index in [1.807, 2.05) is 6.20 Å². The van der Waals surface area contributed by atoms with Gasteiger partial charge in [0.2, 0.25) is 5.91 Å². The van der Waals surface area contributed by atoms with Crippen LogP contribution in [-0.4, -0.2) is 28.3 Å². The summed E-state index contributed by atoms with van der Waals surface area (Å²) in [7, 11) is 0. The molecular weight excluding hydrogens is 379 g/mol. The molecule has 0 aliphatic heterocycles. The van der Waals surface area contributed by atoms with Crippen LogP contribution in [0.25, 0.3) is 21.1 Å². The Labute approximate surface area is 163 Å². The van der Waals surface area contributed by atoms with Crippen molar-refractivity contribution in [1.82, 2.24) is 15.3 Å². The van der Waals surface area contributed by atoms with Gasteiger partial charge in [-0.2, -0.15) is 0 Å². The van der Waals surface area contributed by atoms with Crippen molar-refractivity contribution < 1.29 is 14.0 Å². The highest BCUT2D eigenvalue weighted by Crippen LogP contribution is 2.27. The Balaban J connectivity index is 1.43. The minimum absolute atomic E-state index is 0.186. The Morgan fingerprint density at radius 1 is 1.21 bits per heavy atom. The number of hydrogen-bond donors (Lipinski definition) is 3. The molecule has 0 saturated heterocycles. The van der Waals surface area contributed by atoms with E-state index < -0.39 is 0 Å². The monoisotopic (exact) mass is 396 g/mol. The average Bonchev–Trinajstić information content (AvgIpc) is 3.23. The van der Waals surface area contributed by atoms with Crippen LogP contribution in [0.2, 0.25) is 0 Å². The Kier molecular flexibility index (Phi) is 4.79. The van der Waals surface area contributed by atoms with Crippen molar-refractivity contribution in [2.24, 2.45) is 0 Å². The zero-order valence-corrected chi connectivity index (χ0v) is 15.8. The number of carbonyl (C=O) groups excluding carboxylic acids is 2. The second-order valence-electron chi connectivity index (χ2n) is 6.39. The molecule has 0 unspecified atom stereocenters. The number of aromatic amines is 1. The number of nitrogens with one attached hydrogen (secondary N) is 3. The van der Waals surface area contributed by atoms with Gasteiger partial charge in [0.05, 0.1) is 10.2 Å². The molecule has 3 N–H and O–H groups in total. The average molecular weight is 396 g/mol. The number of halogens is 1. The highest BCUT2D eigenvalue weighted by Gasteiger charge is 2.11. The van der Waals surface area contributed by atoms with Crippen LogP contribution in [0.1, 0.15) is 22.8 Å². The molecule has 2 heterocycles. The number of hydrogen-bond acceptors (Lipinski definition) is 4. The van der Waals surface area contributed by atoms with E-state index in [4.69, 9.17) is 0 Å². The number of aromatic nitrogens is 2. The summed E-state index contributed by atoms with van der Waals surface area (Å²) < 4.78 is 14.3. The number of nitrogens with zero attached hydrogens (tertiary/aromatic N) is 1. The molecule has 0 radical (unpaired) electrons. The molecule has 6 nitrogen and oxygen atoms in total. The number of benzene rings is 2. The molecule has 0 spiro atoms. The minimum Gasteiger partial charge on any atom is -0.361 e. The quantitative estimate of drug-likeness (QED) is 0.479. The molecule has 2 amide bonds. The summed E-state index contributed by atoms with van der Waals surface area (Å²) in [5, 5.41) is 6.87. The molecule has 0 aliphatic carbocycles. The largest absolute Gasteiger partial charge is 0.361 e. The zero-order valence-electron chi connectivity index (χ0n) is 15.0. The number of amides is 2. The number of carbonyl (C=O) groups is 2. The molecule has 0 aliphatic rings. The fourth-order valence-electron chi connectivity index (χ4n) is 3.04. The van der Waals surface area contributed by atoms with Crippen molar-refractivity contribution in [2.75, 3.05) is 11.9 Å². The van der Waals surface area contributed by atoms with Crippen LogP contribution in [0, 0.1) is 5.82 Å². The summed E-state index contributed by atoms with van der Waals surface area (Å²) in [5.74, 6) is -0.662. The van der Waals surface area contributed by atoms with E-state index in [1.54, 1.807) is 24.3 Å². The van der Waals surface area contributed by atoms with E-state index >= 15 is 0 Å². The third kappa shape index (κ3) is 3.72. The van der Waals surface area contributed by atoms with Crippen LogP contribution >= 0.6 is 11.3 Å². The Morgan fingerprint density at radius 2 is 2.07 bits per heavy atom. The molecule has 2 aromatic heterocycles. The van der Waals surface area contributed by atoms with Crippen LogP contribution < -0.4 is 10.6 Å². The van der Waals surface area contributed by atoms with Gasteiger partial charge in [0.25, 0.3) is 5.91 Å². The molecule has 2 aromatic carbocycles. The van der Waals surface area contributed by atoms with Gasteiger partial charge in [0.1, 0.15) is 5.82 Å². The molecule has 28 heavy (non-hydrogen) atoms. The summed E-state index contributed by atoms with van der Waals surface area (Å²) >= 11 is 1.32. The predicted molar refractivity (Wildman–Crippen MR) is 108 cm³/mol. The smallest absolute Gasteiger partial charge is 0.251 e. The lowest BCUT2D eigenvalue weighted by molar-refractivity contribution is -0.114. The van der Waals surface area contributed by atoms with Crippen LogP contribution in [0.4, 0.5) is 9.52 Å². The molecule has 0 fully saturated rings. The van der Waals surface area contributed by atoms with Gasteiger partial charge in [-0.05, 0) is 48.4 Å². The van der Waals surface area contributed by atoms with Crippen molar-refractivity contribution >= 4 is 49.4 Å². The van der Waals surface area contributed by atoms with Crippen molar-refractivity contribution in [2.45, 2.75) is 13.3 Å². The van der Waals surface area contributed by atoms with Crippen LogP contribution in [0.15, 0.2) is 42.6 Å². The molecule has 0 saturated carbocycles. The van der Waals surface area contributed by atoms with Crippen LogP contribution in [0.3, 0.4) is 0 Å². The first-order chi connectivity index (χ1) is 13.5. The Hall–Kier alpha value is -3.26. The number of H-pyrrole nitrogens is 1. The highest BCUT2D eigenvalue weighted by molar-refractivity contribution is 7.22. The lowest BCUT2D eigenvalue weighted by atomic mass is 10.1. The lowest BCUT2D eigenvalue weighted by Crippen LogP contribution is -2.25. The molecule has 0 atom stereocenters. The number of anilines is 1. The molecule has 4 rings (SSSR count). The topological polar surface area (TPSA) is 86.9 Å². The van der Waals surface area contributed by atoms with Crippen molar-refractivity contribution in [3.05, 3.63) is 59.5 Å². The van der Waals surface area contributed by atoms with Gasteiger partial charge >= 0.3 is 0 Å². The third-order valence-electron chi connectivity index (χ3n) is 4.34. The molecule has 8 heteroatoms. The maximum Gasteiger partial charge on any atom is 0.251 e. The third-order valence-corrected chi connectivity index (χ3v) is 5.28. The molecular formula is C20H17FN4O2S. The van der Waals surface area contributed by atoms with E-state index in [1.165, 1.54) is 30.4 Å². The second-order valence-corrected chi connectivity index (χ2v) is 7.42. The van der Waals surface area contributed by atoms with Gasteiger partial charge in [-0.3, -0.25) is 9.59 Å². The number of rotatable bonds is 5. The Morgan fingerprint density at radius 3 is 2.89 bits per heavy atom. The van der Waals surface area contributed by atoms with Gasteiger partial charge < -0.3 is 15.6 Å². The van der Waals surface area contributed by atoms with Crippen molar-refractivity contribution in [3.8, 4) is 0 Å². The van der Waals surface area contributed by atoms with Gasteiger partial charge in [-0.15, -0.1) is 0 Å².